The van der Waals surface area contributed by atoms with E-state index in [4.69, 9.17) is 17.3 Å². The summed E-state index contributed by atoms with van der Waals surface area (Å²) in [6.07, 6.45) is 1.75. The molecule has 1 fully saturated rings. The average Bonchev–Trinajstić information content (AvgIpc) is 2.89. The van der Waals surface area contributed by atoms with Crippen LogP contribution < -0.4 is 10.6 Å². The number of hydrogen-bond acceptors (Lipinski definition) is 6. The summed E-state index contributed by atoms with van der Waals surface area (Å²) < 4.78 is 0. The number of anilines is 2. The molecule has 0 aromatic carbocycles. The Balaban J connectivity index is 1.70. The van der Waals surface area contributed by atoms with Gasteiger partial charge in [-0.15, -0.1) is 0 Å². The second-order valence-electron chi connectivity index (χ2n) is 5.50. The highest BCUT2D eigenvalue weighted by atomic mass is 35.5. The maximum Gasteiger partial charge on any atom is 0.273 e. The van der Waals surface area contributed by atoms with Crippen LogP contribution in [0.5, 0.6) is 0 Å². The topological polar surface area (TPSA) is 104 Å². The SMILES string of the molecule is Cc1cnc(C)c(N2CCN(C(=O)c3[nH]nc(N)c3Cl)CC2)n1. The lowest BCUT2D eigenvalue weighted by atomic mass is 10.2. The van der Waals surface area contributed by atoms with E-state index in [0.29, 0.717) is 26.2 Å². The first-order chi connectivity index (χ1) is 11.0. The van der Waals surface area contributed by atoms with Crippen LogP contribution in [0.4, 0.5) is 11.6 Å². The molecule has 0 saturated carbocycles. The van der Waals surface area contributed by atoms with Crippen LogP contribution in [-0.4, -0.2) is 57.2 Å². The maximum absolute atomic E-state index is 12.5. The number of H-pyrrole nitrogens is 1. The smallest absolute Gasteiger partial charge is 0.273 e. The second kappa shape index (κ2) is 6.04. The van der Waals surface area contributed by atoms with Gasteiger partial charge in [-0.1, -0.05) is 11.6 Å². The minimum absolute atomic E-state index is 0.138. The minimum Gasteiger partial charge on any atom is -0.381 e. The number of aryl methyl sites for hydroxylation is 2. The molecule has 1 aliphatic rings. The predicted octanol–water partition coefficient (Wildman–Crippen LogP) is 1.01. The van der Waals surface area contributed by atoms with E-state index in [1.165, 1.54) is 0 Å². The Morgan fingerprint density at radius 2 is 2.00 bits per heavy atom. The summed E-state index contributed by atoms with van der Waals surface area (Å²) in [6.45, 7) is 6.37. The number of nitrogens with zero attached hydrogens (tertiary/aromatic N) is 5. The molecule has 9 heteroatoms. The standard InChI is InChI=1S/C14H18ClN7O/c1-8-7-17-9(2)13(18-8)21-3-5-22(6-4-21)14(23)11-10(15)12(16)20-19-11/h7H,3-6H2,1-2H3,(H3,16,19,20). The highest BCUT2D eigenvalue weighted by molar-refractivity contribution is 6.35. The molecule has 8 nitrogen and oxygen atoms in total. The van der Waals surface area contributed by atoms with Crippen LogP contribution in [0.15, 0.2) is 6.20 Å². The molecular weight excluding hydrogens is 318 g/mol. The van der Waals surface area contributed by atoms with Crippen LogP contribution >= 0.6 is 11.6 Å². The third kappa shape index (κ3) is 2.94. The molecule has 1 amide bonds. The first kappa shape index (κ1) is 15.5. The second-order valence-corrected chi connectivity index (χ2v) is 5.88. The molecular formula is C14H18ClN7O. The van der Waals surface area contributed by atoms with Crippen LogP contribution in [0.25, 0.3) is 0 Å². The number of nitrogens with two attached hydrogens (primary N) is 1. The van der Waals surface area contributed by atoms with Gasteiger partial charge in [0.1, 0.15) is 16.5 Å². The van der Waals surface area contributed by atoms with Crippen LogP contribution in [-0.2, 0) is 0 Å². The fourth-order valence-corrected chi connectivity index (χ4v) is 2.75. The Morgan fingerprint density at radius 1 is 1.30 bits per heavy atom. The normalized spacial score (nSPS) is 15.1. The number of nitrogens with one attached hydrogen (secondary N) is 1. The van der Waals surface area contributed by atoms with Gasteiger partial charge in [0.15, 0.2) is 5.82 Å². The van der Waals surface area contributed by atoms with E-state index in [1.807, 2.05) is 13.8 Å². The summed E-state index contributed by atoms with van der Waals surface area (Å²) in [5, 5.41) is 6.54. The van der Waals surface area contributed by atoms with Crippen molar-refractivity contribution >= 4 is 29.1 Å². The van der Waals surface area contributed by atoms with Crippen LogP contribution in [0.1, 0.15) is 21.9 Å². The molecule has 0 spiro atoms. The summed E-state index contributed by atoms with van der Waals surface area (Å²) in [4.78, 5) is 25.2. The molecule has 2 aromatic heterocycles. The minimum atomic E-state index is -0.189. The number of piperazine rings is 1. The lowest BCUT2D eigenvalue weighted by Crippen LogP contribution is -2.49. The molecule has 2 aromatic rings. The highest BCUT2D eigenvalue weighted by Crippen LogP contribution is 2.23. The Labute approximate surface area is 138 Å². The molecule has 0 aliphatic carbocycles. The van der Waals surface area contributed by atoms with E-state index in [0.717, 1.165) is 17.2 Å². The van der Waals surface area contributed by atoms with E-state index >= 15 is 0 Å². The van der Waals surface area contributed by atoms with Crippen molar-refractivity contribution in [3.63, 3.8) is 0 Å². The van der Waals surface area contributed by atoms with Gasteiger partial charge in [-0.3, -0.25) is 14.9 Å². The van der Waals surface area contributed by atoms with Crippen molar-refractivity contribution < 1.29 is 4.79 Å². The first-order valence-electron chi connectivity index (χ1n) is 7.31. The van der Waals surface area contributed by atoms with Gasteiger partial charge in [-0.2, -0.15) is 5.10 Å². The number of carbonyl (C=O) groups is 1. The largest absolute Gasteiger partial charge is 0.381 e. The van der Waals surface area contributed by atoms with Gasteiger partial charge in [0.05, 0.1) is 11.4 Å². The van der Waals surface area contributed by atoms with Gasteiger partial charge >= 0.3 is 0 Å². The molecule has 0 atom stereocenters. The van der Waals surface area contributed by atoms with E-state index in [9.17, 15) is 4.79 Å². The molecule has 0 bridgehead atoms. The number of rotatable bonds is 2. The van der Waals surface area contributed by atoms with Gasteiger partial charge in [0.25, 0.3) is 5.91 Å². The van der Waals surface area contributed by atoms with Crippen molar-refractivity contribution in [2.75, 3.05) is 36.8 Å². The molecule has 23 heavy (non-hydrogen) atoms. The van der Waals surface area contributed by atoms with Gasteiger partial charge in [0.2, 0.25) is 0 Å². The monoisotopic (exact) mass is 335 g/mol. The van der Waals surface area contributed by atoms with Gasteiger partial charge in [-0.05, 0) is 13.8 Å². The van der Waals surface area contributed by atoms with Crippen LogP contribution in [0.3, 0.4) is 0 Å². The number of carbonyl (C=O) groups excluding carboxylic acids is 1. The number of halogens is 1. The van der Waals surface area contributed by atoms with Crippen molar-refractivity contribution in [3.05, 3.63) is 28.3 Å². The third-order valence-electron chi connectivity index (χ3n) is 3.86. The summed E-state index contributed by atoms with van der Waals surface area (Å²) in [5.41, 5.74) is 7.58. The van der Waals surface area contributed by atoms with E-state index in [1.54, 1.807) is 11.1 Å². The summed E-state index contributed by atoms with van der Waals surface area (Å²) in [5.74, 6) is 0.825. The van der Waals surface area contributed by atoms with Gasteiger partial charge in [-0.25, -0.2) is 4.98 Å². The lowest BCUT2D eigenvalue weighted by Gasteiger charge is -2.35. The lowest BCUT2D eigenvalue weighted by molar-refractivity contribution is 0.0740. The van der Waals surface area contributed by atoms with E-state index in [2.05, 4.69) is 25.1 Å². The Kier molecular flexibility index (Phi) is 4.08. The van der Waals surface area contributed by atoms with Crippen molar-refractivity contribution in [1.29, 1.82) is 0 Å². The quantitative estimate of drug-likeness (QED) is 0.849. The van der Waals surface area contributed by atoms with Crippen molar-refractivity contribution in [3.8, 4) is 0 Å². The number of amides is 1. The molecule has 0 unspecified atom stereocenters. The Morgan fingerprint density at radius 3 is 2.61 bits per heavy atom. The molecule has 122 valence electrons. The number of hydrogen-bond donors (Lipinski definition) is 2. The fourth-order valence-electron chi connectivity index (χ4n) is 2.59. The van der Waals surface area contributed by atoms with Gasteiger partial charge in [0, 0.05) is 32.4 Å². The van der Waals surface area contributed by atoms with Crippen LogP contribution in [0, 0.1) is 13.8 Å². The van der Waals surface area contributed by atoms with Crippen molar-refractivity contribution in [1.82, 2.24) is 25.1 Å². The zero-order valence-corrected chi connectivity index (χ0v) is 13.8. The molecule has 3 heterocycles. The molecule has 3 N–H and O–H groups in total. The zero-order valence-electron chi connectivity index (χ0n) is 13.0. The average molecular weight is 336 g/mol. The van der Waals surface area contributed by atoms with Crippen molar-refractivity contribution in [2.24, 2.45) is 0 Å². The summed E-state index contributed by atoms with van der Waals surface area (Å²) in [6, 6.07) is 0. The zero-order chi connectivity index (χ0) is 16.6. The van der Waals surface area contributed by atoms with Crippen LogP contribution in [0.2, 0.25) is 5.02 Å². The molecule has 3 rings (SSSR count). The Hall–Kier alpha value is -2.35. The van der Waals surface area contributed by atoms with E-state index < -0.39 is 0 Å². The number of aromatic nitrogens is 4. The first-order valence-corrected chi connectivity index (χ1v) is 7.69. The molecule has 1 saturated heterocycles. The third-order valence-corrected chi connectivity index (χ3v) is 4.25. The molecule has 0 radical (unpaired) electrons. The highest BCUT2D eigenvalue weighted by Gasteiger charge is 2.27. The molecule has 1 aliphatic heterocycles. The fraction of sp³-hybridized carbons (Fsp3) is 0.429. The summed E-state index contributed by atoms with van der Waals surface area (Å²) >= 11 is 5.99. The summed E-state index contributed by atoms with van der Waals surface area (Å²) in [7, 11) is 0. The maximum atomic E-state index is 12.5. The van der Waals surface area contributed by atoms with Gasteiger partial charge < -0.3 is 15.5 Å². The van der Waals surface area contributed by atoms with E-state index in [-0.39, 0.29) is 22.4 Å². The Bertz CT molecular complexity index is 737. The van der Waals surface area contributed by atoms with Crippen molar-refractivity contribution in [2.45, 2.75) is 13.8 Å². The number of nitrogen functional groups attached to an aromatic ring is 1. The predicted molar refractivity (Wildman–Crippen MR) is 87.6 cm³/mol. The number of aromatic amines is 1.